The molecule has 1 aliphatic heterocycles. The van der Waals surface area contributed by atoms with Gasteiger partial charge in [-0.05, 0) is 25.5 Å². The molecule has 3 N–H and O–H groups in total. The number of nitrogens with one attached hydrogen (secondary N) is 2. The fraction of sp³-hybridized carbons (Fsp3) is 0.529. The number of para-hydroxylation sites is 1. The summed E-state index contributed by atoms with van der Waals surface area (Å²) in [5.41, 5.74) is -0.255. The van der Waals surface area contributed by atoms with E-state index in [2.05, 4.69) is 10.6 Å². The van der Waals surface area contributed by atoms with Gasteiger partial charge in [-0.2, -0.15) is 0 Å². The van der Waals surface area contributed by atoms with Gasteiger partial charge >= 0.3 is 5.97 Å². The number of benzene rings is 1. The summed E-state index contributed by atoms with van der Waals surface area (Å²) >= 11 is 0. The van der Waals surface area contributed by atoms with Crippen LogP contribution in [-0.4, -0.2) is 66.8 Å². The first-order valence-corrected chi connectivity index (χ1v) is 8.11. The Labute approximate surface area is 142 Å². The van der Waals surface area contributed by atoms with Gasteiger partial charge in [0.2, 0.25) is 5.91 Å². The molecule has 0 aromatic heterocycles. The van der Waals surface area contributed by atoms with E-state index in [-0.39, 0.29) is 18.0 Å². The van der Waals surface area contributed by atoms with Crippen molar-refractivity contribution in [1.29, 1.82) is 0 Å². The highest BCUT2D eigenvalue weighted by Crippen LogP contribution is 2.20. The average molecular weight is 335 g/mol. The maximum Gasteiger partial charge on any atom is 0.317 e. The van der Waals surface area contributed by atoms with Gasteiger partial charge in [0.05, 0.1) is 19.6 Å². The number of carbonyl (C=O) groups is 2. The van der Waals surface area contributed by atoms with Crippen molar-refractivity contribution < 1.29 is 19.4 Å². The first kappa shape index (κ1) is 18.2. The van der Waals surface area contributed by atoms with Crippen LogP contribution in [0.2, 0.25) is 0 Å². The molecule has 0 unspecified atom stereocenters. The highest BCUT2D eigenvalue weighted by molar-refractivity contribution is 5.78. The molecule has 7 nitrogen and oxygen atoms in total. The molecule has 1 aromatic rings. The largest absolute Gasteiger partial charge is 0.492 e. The zero-order valence-electron chi connectivity index (χ0n) is 14.0. The van der Waals surface area contributed by atoms with Crippen molar-refractivity contribution in [1.82, 2.24) is 15.5 Å². The highest BCUT2D eigenvalue weighted by atomic mass is 16.5. The molecule has 1 saturated heterocycles. The summed E-state index contributed by atoms with van der Waals surface area (Å²) in [5.74, 6) is -0.133. The number of likely N-dealkylation sites (tertiary alicyclic amines) is 1. The third-order valence-corrected chi connectivity index (χ3v) is 4.02. The lowest BCUT2D eigenvalue weighted by molar-refractivity contribution is -0.136. The molecule has 1 atom stereocenters. The summed E-state index contributed by atoms with van der Waals surface area (Å²) in [5, 5.41) is 14.6. The van der Waals surface area contributed by atoms with Gasteiger partial charge in [0.15, 0.2) is 0 Å². The Morgan fingerprint density at radius 1 is 1.33 bits per heavy atom. The number of aliphatic carboxylic acids is 1. The van der Waals surface area contributed by atoms with Crippen molar-refractivity contribution in [2.45, 2.75) is 18.9 Å². The van der Waals surface area contributed by atoms with Crippen molar-refractivity contribution in [2.75, 3.05) is 39.3 Å². The van der Waals surface area contributed by atoms with Crippen LogP contribution in [0.5, 0.6) is 5.75 Å². The number of hydrogen-bond acceptors (Lipinski definition) is 5. The minimum absolute atomic E-state index is 0.0471. The molecule has 1 aliphatic rings. The smallest absolute Gasteiger partial charge is 0.317 e. The second-order valence-electron chi connectivity index (χ2n) is 6.28. The van der Waals surface area contributed by atoms with E-state index in [1.54, 1.807) is 0 Å². The molecule has 0 spiro atoms. The van der Waals surface area contributed by atoms with Crippen LogP contribution in [0.15, 0.2) is 30.3 Å². The van der Waals surface area contributed by atoms with Gasteiger partial charge in [0, 0.05) is 18.6 Å². The number of hydrogen-bond donors (Lipinski definition) is 3. The molecule has 7 heteroatoms. The monoisotopic (exact) mass is 335 g/mol. The van der Waals surface area contributed by atoms with Gasteiger partial charge in [0.1, 0.15) is 12.4 Å². The van der Waals surface area contributed by atoms with E-state index in [4.69, 9.17) is 9.84 Å². The average Bonchev–Trinajstić information content (AvgIpc) is 2.92. The number of amides is 1. The third-order valence-electron chi connectivity index (χ3n) is 4.02. The SMILES string of the molecule is C[C@]1(NCC(=O)O)CCN(CC(=O)NCCOc2ccccc2)C1. The molecule has 1 fully saturated rings. The van der Waals surface area contributed by atoms with Crippen molar-refractivity contribution in [3.05, 3.63) is 30.3 Å². The summed E-state index contributed by atoms with van der Waals surface area (Å²) < 4.78 is 5.52. The quantitative estimate of drug-likeness (QED) is 0.563. The van der Waals surface area contributed by atoms with Crippen LogP contribution in [0.3, 0.4) is 0 Å². The van der Waals surface area contributed by atoms with Crippen LogP contribution >= 0.6 is 0 Å². The Morgan fingerprint density at radius 3 is 2.79 bits per heavy atom. The predicted molar refractivity (Wildman–Crippen MR) is 90.0 cm³/mol. The number of carboxylic acid groups (broad SMARTS) is 1. The summed E-state index contributed by atoms with van der Waals surface area (Å²) in [4.78, 5) is 24.6. The van der Waals surface area contributed by atoms with Gasteiger partial charge < -0.3 is 20.5 Å². The summed E-state index contributed by atoms with van der Waals surface area (Å²) in [6.45, 7) is 4.56. The number of nitrogens with zero attached hydrogens (tertiary/aromatic N) is 1. The van der Waals surface area contributed by atoms with E-state index in [9.17, 15) is 9.59 Å². The Kier molecular flexibility index (Phi) is 6.57. The van der Waals surface area contributed by atoms with Gasteiger partial charge in [-0.1, -0.05) is 18.2 Å². The first-order valence-electron chi connectivity index (χ1n) is 8.11. The van der Waals surface area contributed by atoms with E-state index >= 15 is 0 Å². The van der Waals surface area contributed by atoms with Crippen molar-refractivity contribution >= 4 is 11.9 Å². The van der Waals surface area contributed by atoms with E-state index in [0.29, 0.717) is 26.2 Å². The van der Waals surface area contributed by atoms with Crippen molar-refractivity contribution in [2.24, 2.45) is 0 Å². The highest BCUT2D eigenvalue weighted by Gasteiger charge is 2.34. The Bertz CT molecular complexity index is 552. The zero-order chi connectivity index (χ0) is 17.4. The maximum atomic E-state index is 12.0. The summed E-state index contributed by atoms with van der Waals surface area (Å²) in [7, 11) is 0. The van der Waals surface area contributed by atoms with Crippen molar-refractivity contribution in [3.63, 3.8) is 0 Å². The predicted octanol–water partition coefficient (Wildman–Crippen LogP) is 0.320. The molecule has 1 heterocycles. The number of carboxylic acids is 1. The third kappa shape index (κ3) is 6.17. The Hall–Kier alpha value is -2.12. The van der Waals surface area contributed by atoms with Crippen LogP contribution in [-0.2, 0) is 9.59 Å². The molecule has 24 heavy (non-hydrogen) atoms. The van der Waals surface area contributed by atoms with Gasteiger partial charge in [-0.15, -0.1) is 0 Å². The van der Waals surface area contributed by atoms with Crippen LogP contribution in [0, 0.1) is 0 Å². The maximum absolute atomic E-state index is 12.0. The second kappa shape index (κ2) is 8.65. The van der Waals surface area contributed by atoms with Gasteiger partial charge in [0.25, 0.3) is 0 Å². The second-order valence-corrected chi connectivity index (χ2v) is 6.28. The molecule has 1 amide bonds. The van der Waals surface area contributed by atoms with E-state index in [1.807, 2.05) is 42.2 Å². The minimum Gasteiger partial charge on any atom is -0.492 e. The molecule has 0 saturated carbocycles. The summed E-state index contributed by atoms with van der Waals surface area (Å²) in [6.07, 6.45) is 0.824. The van der Waals surface area contributed by atoms with Crippen LogP contribution in [0.1, 0.15) is 13.3 Å². The molecule has 0 aliphatic carbocycles. The normalized spacial score (nSPS) is 20.7. The fourth-order valence-electron chi connectivity index (χ4n) is 2.76. The van der Waals surface area contributed by atoms with Gasteiger partial charge in [-0.3, -0.25) is 14.5 Å². The Morgan fingerprint density at radius 2 is 2.08 bits per heavy atom. The summed E-state index contributed by atoms with van der Waals surface area (Å²) in [6, 6.07) is 9.46. The van der Waals surface area contributed by atoms with Crippen molar-refractivity contribution in [3.8, 4) is 5.75 Å². The number of rotatable bonds is 9. The topological polar surface area (TPSA) is 90.9 Å². The van der Waals surface area contributed by atoms with Crippen LogP contribution in [0.25, 0.3) is 0 Å². The van der Waals surface area contributed by atoms with E-state index in [0.717, 1.165) is 18.7 Å². The molecular formula is C17H25N3O4. The molecular weight excluding hydrogens is 310 g/mol. The lowest BCUT2D eigenvalue weighted by Crippen LogP contribution is -2.48. The molecule has 132 valence electrons. The van der Waals surface area contributed by atoms with Crippen LogP contribution in [0.4, 0.5) is 0 Å². The number of ether oxygens (including phenoxy) is 1. The zero-order valence-corrected chi connectivity index (χ0v) is 14.0. The lowest BCUT2D eigenvalue weighted by Gasteiger charge is -2.25. The molecule has 0 radical (unpaired) electrons. The minimum atomic E-state index is -0.870. The standard InChI is InChI=1S/C17H25N3O4/c1-17(19-11-16(22)23)7-9-20(13-17)12-15(21)18-8-10-24-14-5-3-2-4-6-14/h2-6,19H,7-13H2,1H3,(H,18,21)(H,22,23)/t17-/m0/s1. The fourth-order valence-corrected chi connectivity index (χ4v) is 2.76. The van der Waals surface area contributed by atoms with Gasteiger partial charge in [-0.25, -0.2) is 0 Å². The van der Waals surface area contributed by atoms with E-state index in [1.165, 1.54) is 0 Å². The lowest BCUT2D eigenvalue weighted by atomic mass is 10.0. The number of carbonyl (C=O) groups excluding carboxylic acids is 1. The van der Waals surface area contributed by atoms with Crippen LogP contribution < -0.4 is 15.4 Å². The first-order chi connectivity index (χ1) is 11.5. The molecule has 1 aromatic carbocycles. The van der Waals surface area contributed by atoms with E-state index < -0.39 is 5.97 Å². The Balaban J connectivity index is 1.61. The molecule has 0 bridgehead atoms. The molecule has 2 rings (SSSR count).